The fourth-order valence-corrected chi connectivity index (χ4v) is 7.94. The molecule has 2 bridgehead atoms. The monoisotopic (exact) mass is 625 g/mol. The summed E-state index contributed by atoms with van der Waals surface area (Å²) in [7, 11) is 0. The highest BCUT2D eigenvalue weighted by molar-refractivity contribution is 9.09. The van der Waals surface area contributed by atoms with Gasteiger partial charge in [0.05, 0.1) is 27.4 Å². The molecule has 1 aliphatic heterocycles. The fourth-order valence-electron chi connectivity index (χ4n) is 6.61. The summed E-state index contributed by atoms with van der Waals surface area (Å²) in [5.41, 5.74) is 5.10. The quantitative estimate of drug-likeness (QED) is 0.113. The van der Waals surface area contributed by atoms with Crippen LogP contribution < -0.4 is 4.90 Å². The van der Waals surface area contributed by atoms with Crippen LogP contribution in [-0.4, -0.2) is 30.2 Å². The van der Waals surface area contributed by atoms with E-state index in [4.69, 9.17) is 16.3 Å². The lowest BCUT2D eigenvalue weighted by Gasteiger charge is -2.51. The third-order valence-corrected chi connectivity index (χ3v) is 9.98. The van der Waals surface area contributed by atoms with Crippen molar-refractivity contribution in [2.75, 3.05) is 11.5 Å². The molecule has 0 saturated carbocycles. The maximum Gasteiger partial charge on any atom is 0.338 e. The Morgan fingerprint density at radius 3 is 1.95 bits per heavy atom. The number of anilines is 1. The van der Waals surface area contributed by atoms with Crippen molar-refractivity contribution >= 4 is 56.8 Å². The molecular weight excluding hydrogens is 606 g/mol. The second-order valence-electron chi connectivity index (χ2n) is 10.4. The van der Waals surface area contributed by atoms with E-state index in [1.807, 2.05) is 48.5 Å². The van der Waals surface area contributed by atoms with Crippen LogP contribution in [0, 0.1) is 11.8 Å². The SMILES string of the molecule is O=C(COC(=O)c1ccc(N2C(=O)[C@@H]3C4c5ccccc5C(Br)(c5ccccc54)[C@@H]3C2=O)cc1)c1ccc(Cl)cc1. The molecule has 6 nitrogen and oxygen atoms in total. The predicted octanol–water partition coefficient (Wildman–Crippen LogP) is 6.28. The van der Waals surface area contributed by atoms with Crippen LogP contribution in [0.15, 0.2) is 97.1 Å². The molecule has 1 saturated heterocycles. The van der Waals surface area contributed by atoms with Crippen molar-refractivity contribution in [1.82, 2.24) is 0 Å². The number of hydrogen-bond donors (Lipinski definition) is 0. The minimum atomic E-state index is -0.832. The molecule has 0 radical (unpaired) electrons. The normalized spacial score (nSPS) is 23.6. The van der Waals surface area contributed by atoms with Crippen LogP contribution in [0.4, 0.5) is 5.69 Å². The number of alkyl halides is 1. The lowest BCUT2D eigenvalue weighted by Crippen LogP contribution is -2.50. The van der Waals surface area contributed by atoms with Gasteiger partial charge in [-0.15, -0.1) is 0 Å². The van der Waals surface area contributed by atoms with Gasteiger partial charge in [0.1, 0.15) is 0 Å². The average molecular weight is 627 g/mol. The molecule has 4 aromatic carbocycles. The van der Waals surface area contributed by atoms with E-state index in [-0.39, 0.29) is 29.1 Å². The molecule has 3 aliphatic carbocycles. The highest BCUT2D eigenvalue weighted by atomic mass is 79.9. The molecule has 0 N–H and O–H groups in total. The minimum Gasteiger partial charge on any atom is -0.454 e. The Labute approximate surface area is 249 Å². The molecule has 8 heteroatoms. The Bertz CT molecular complexity index is 1720. The molecule has 8 rings (SSSR count). The van der Waals surface area contributed by atoms with E-state index in [0.29, 0.717) is 16.3 Å². The number of nitrogens with zero attached hydrogens (tertiary/aromatic N) is 1. The third kappa shape index (κ3) is 3.76. The lowest BCUT2D eigenvalue weighted by molar-refractivity contribution is -0.122. The highest BCUT2D eigenvalue weighted by Crippen LogP contribution is 2.66. The van der Waals surface area contributed by atoms with Gasteiger partial charge in [-0.05, 0) is 70.8 Å². The van der Waals surface area contributed by atoms with Crippen LogP contribution in [0.5, 0.6) is 0 Å². The number of carbonyl (C=O) groups excluding carboxylic acids is 4. The lowest BCUT2D eigenvalue weighted by atomic mass is 9.55. The molecule has 1 fully saturated rings. The number of ether oxygens (including phenoxy) is 1. The van der Waals surface area contributed by atoms with Gasteiger partial charge in [0.15, 0.2) is 12.4 Å². The molecule has 0 unspecified atom stereocenters. The number of amides is 2. The van der Waals surface area contributed by atoms with E-state index >= 15 is 0 Å². The molecule has 202 valence electrons. The Hall–Kier alpha value is -4.07. The van der Waals surface area contributed by atoms with E-state index in [2.05, 4.69) is 15.9 Å². The molecule has 2 atom stereocenters. The first kappa shape index (κ1) is 25.9. The number of hydrogen-bond acceptors (Lipinski definition) is 5. The Morgan fingerprint density at radius 1 is 0.780 bits per heavy atom. The van der Waals surface area contributed by atoms with E-state index < -0.39 is 28.7 Å². The number of ketones is 1. The number of imide groups is 1. The Morgan fingerprint density at radius 2 is 1.34 bits per heavy atom. The molecule has 4 aliphatic rings. The van der Waals surface area contributed by atoms with Gasteiger partial charge in [0.25, 0.3) is 0 Å². The van der Waals surface area contributed by atoms with E-state index in [9.17, 15) is 19.2 Å². The maximum absolute atomic E-state index is 14.1. The number of carbonyl (C=O) groups is 4. The largest absolute Gasteiger partial charge is 0.454 e. The standard InChI is InChI=1S/C33H21BrClNO5/c34-33-24-7-3-1-5-22(24)27(23-6-2-4-8-25(23)33)28-29(33)31(39)36(30(28)38)21-15-11-19(12-16-21)32(40)41-17-26(37)18-9-13-20(35)14-10-18/h1-16,27-29H,17H2/t27?,28-,29+,33?/m1/s1. The van der Waals surface area contributed by atoms with Crippen molar-refractivity contribution in [3.63, 3.8) is 0 Å². The van der Waals surface area contributed by atoms with Crippen LogP contribution in [0.1, 0.15) is 48.9 Å². The van der Waals surface area contributed by atoms with Crippen LogP contribution >= 0.6 is 27.5 Å². The van der Waals surface area contributed by atoms with Crippen LogP contribution in [0.25, 0.3) is 0 Å². The molecule has 0 aromatic heterocycles. The zero-order valence-corrected chi connectivity index (χ0v) is 23.8. The van der Waals surface area contributed by atoms with Gasteiger partial charge in [-0.25, -0.2) is 9.69 Å². The van der Waals surface area contributed by atoms with Crippen molar-refractivity contribution in [1.29, 1.82) is 0 Å². The average Bonchev–Trinajstić information content (AvgIpc) is 3.27. The molecule has 4 aromatic rings. The van der Waals surface area contributed by atoms with Crippen molar-refractivity contribution < 1.29 is 23.9 Å². The summed E-state index contributed by atoms with van der Waals surface area (Å²) in [6, 6.07) is 28.4. The summed E-state index contributed by atoms with van der Waals surface area (Å²) < 4.78 is 4.37. The van der Waals surface area contributed by atoms with E-state index in [1.165, 1.54) is 17.0 Å². The summed E-state index contributed by atoms with van der Waals surface area (Å²) in [4.78, 5) is 54.3. The molecule has 0 spiro atoms. The van der Waals surface area contributed by atoms with Crippen LogP contribution in [0.2, 0.25) is 5.02 Å². The first-order valence-electron chi connectivity index (χ1n) is 13.1. The Balaban J connectivity index is 1.15. The van der Waals surface area contributed by atoms with Gasteiger partial charge in [-0.1, -0.05) is 76.1 Å². The molecule has 41 heavy (non-hydrogen) atoms. The summed E-state index contributed by atoms with van der Waals surface area (Å²) in [5.74, 6) is -3.00. The first-order valence-corrected chi connectivity index (χ1v) is 14.3. The van der Waals surface area contributed by atoms with Crippen LogP contribution in [-0.2, 0) is 18.7 Å². The van der Waals surface area contributed by atoms with Gasteiger partial charge in [0.2, 0.25) is 11.8 Å². The van der Waals surface area contributed by atoms with Gasteiger partial charge in [-0.3, -0.25) is 14.4 Å². The smallest absolute Gasteiger partial charge is 0.338 e. The number of benzene rings is 4. The second-order valence-corrected chi connectivity index (χ2v) is 12.1. The summed E-state index contributed by atoms with van der Waals surface area (Å²) in [5, 5.41) is 0.501. The van der Waals surface area contributed by atoms with E-state index in [0.717, 1.165) is 22.3 Å². The molecular formula is C33H21BrClNO5. The van der Waals surface area contributed by atoms with Gasteiger partial charge in [0, 0.05) is 16.5 Å². The summed E-state index contributed by atoms with van der Waals surface area (Å²) in [6.45, 7) is -0.426. The van der Waals surface area contributed by atoms with Crippen molar-refractivity contribution in [2.24, 2.45) is 11.8 Å². The van der Waals surface area contributed by atoms with Gasteiger partial charge >= 0.3 is 5.97 Å². The van der Waals surface area contributed by atoms with Crippen LogP contribution in [0.3, 0.4) is 0 Å². The predicted molar refractivity (Wildman–Crippen MR) is 156 cm³/mol. The third-order valence-electron chi connectivity index (χ3n) is 8.38. The number of rotatable bonds is 5. The maximum atomic E-state index is 14.1. The first-order chi connectivity index (χ1) is 19.8. The second kappa shape index (κ2) is 9.50. The summed E-state index contributed by atoms with van der Waals surface area (Å²) >= 11 is 9.85. The number of halogens is 2. The zero-order valence-electron chi connectivity index (χ0n) is 21.4. The number of Topliss-reactive ketones (excluding diaryl/α,β-unsaturated/α-hetero) is 1. The Kier molecular flexibility index (Phi) is 5.99. The summed E-state index contributed by atoms with van der Waals surface area (Å²) in [6.07, 6.45) is 0. The number of esters is 1. The van der Waals surface area contributed by atoms with Gasteiger partial charge < -0.3 is 4.74 Å². The van der Waals surface area contributed by atoms with Crippen molar-refractivity contribution in [2.45, 2.75) is 10.2 Å². The fraction of sp³-hybridized carbons (Fsp3) is 0.152. The van der Waals surface area contributed by atoms with Crippen molar-refractivity contribution in [3.05, 3.63) is 135 Å². The zero-order chi connectivity index (χ0) is 28.5. The minimum absolute atomic E-state index is 0.200. The topological polar surface area (TPSA) is 80.8 Å². The van der Waals surface area contributed by atoms with E-state index in [1.54, 1.807) is 36.4 Å². The molecule has 2 amide bonds. The highest BCUT2D eigenvalue weighted by Gasteiger charge is 2.67. The van der Waals surface area contributed by atoms with Gasteiger partial charge in [-0.2, -0.15) is 0 Å². The molecule has 1 heterocycles. The van der Waals surface area contributed by atoms with Crippen molar-refractivity contribution in [3.8, 4) is 0 Å².